The molecule has 0 bridgehead atoms. The molecule has 0 fully saturated rings. The Balaban J connectivity index is 3.70. The van der Waals surface area contributed by atoms with Crippen molar-refractivity contribution >= 4 is 16.9 Å². The Labute approximate surface area is 73.5 Å². The van der Waals surface area contributed by atoms with Gasteiger partial charge in [-0.25, -0.2) is 0 Å². The van der Waals surface area contributed by atoms with Crippen molar-refractivity contribution in [2.24, 2.45) is 0 Å². The van der Waals surface area contributed by atoms with Crippen molar-refractivity contribution in [1.82, 2.24) is 0 Å². The number of nitrogens with zero attached hydrogens (tertiary/aromatic N) is 1. The number of carbonyl (C=O) groups is 1. The zero-order valence-electron chi connectivity index (χ0n) is 8.05. The van der Waals surface area contributed by atoms with Gasteiger partial charge >= 0.3 is 0 Å². The van der Waals surface area contributed by atoms with E-state index in [0.717, 1.165) is 10.2 Å². The molecule has 2 nitrogen and oxygen atoms in total. The van der Waals surface area contributed by atoms with E-state index in [-0.39, 0.29) is 5.12 Å². The normalized spacial score (nSPS) is 14.6. The predicted molar refractivity (Wildman–Crippen MR) is 50.6 cm³/mol. The second-order valence-corrected chi connectivity index (χ2v) is 4.96. The zero-order chi connectivity index (χ0) is 9.07. The van der Waals surface area contributed by atoms with Crippen LogP contribution in [0.5, 0.6) is 0 Å². The lowest BCUT2D eigenvalue weighted by molar-refractivity contribution is -0.891. The van der Waals surface area contributed by atoms with Crippen LogP contribution in [0.1, 0.15) is 13.8 Å². The van der Waals surface area contributed by atoms with E-state index in [1.165, 1.54) is 11.8 Å². The minimum absolute atomic E-state index is 0.213. The second-order valence-electron chi connectivity index (χ2n) is 3.77. The van der Waals surface area contributed by atoms with Gasteiger partial charge in [0.25, 0.3) is 0 Å². The fourth-order valence-corrected chi connectivity index (χ4v) is 1.38. The Hall–Kier alpha value is -0.0200. The summed E-state index contributed by atoms with van der Waals surface area (Å²) in [7, 11) is 6.43. The first-order valence-corrected chi connectivity index (χ1v) is 4.77. The molecule has 11 heavy (non-hydrogen) atoms. The number of carbonyl (C=O) groups excluding carboxylic acids is 1. The molecular weight excluding hydrogens is 158 g/mol. The van der Waals surface area contributed by atoms with Crippen LogP contribution in [0.25, 0.3) is 0 Å². The Morgan fingerprint density at radius 2 is 1.91 bits per heavy atom. The molecule has 0 aliphatic heterocycles. The van der Waals surface area contributed by atoms with Crippen LogP contribution >= 0.6 is 11.8 Å². The quantitative estimate of drug-likeness (QED) is 0.604. The lowest BCUT2D eigenvalue weighted by atomic mass is 10.3. The van der Waals surface area contributed by atoms with Gasteiger partial charge in [0.15, 0.2) is 5.12 Å². The van der Waals surface area contributed by atoms with Crippen LogP contribution in [0.15, 0.2) is 0 Å². The largest absolute Gasteiger partial charge is 0.328 e. The molecule has 1 atom stereocenters. The van der Waals surface area contributed by atoms with Gasteiger partial charge in [0, 0.05) is 6.92 Å². The summed E-state index contributed by atoms with van der Waals surface area (Å²) in [4.78, 5) is 10.6. The molecule has 0 radical (unpaired) electrons. The van der Waals surface area contributed by atoms with E-state index in [1.807, 2.05) is 0 Å². The maximum atomic E-state index is 10.6. The highest BCUT2D eigenvalue weighted by atomic mass is 32.2. The summed E-state index contributed by atoms with van der Waals surface area (Å²) in [6.07, 6.45) is 0. The number of quaternary nitrogens is 1. The molecule has 0 aromatic rings. The maximum absolute atomic E-state index is 10.6. The number of hydrogen-bond acceptors (Lipinski definition) is 2. The molecule has 0 saturated carbocycles. The van der Waals surface area contributed by atoms with Gasteiger partial charge in [0.05, 0.1) is 32.9 Å². The molecule has 0 spiro atoms. The Morgan fingerprint density at radius 1 is 1.45 bits per heavy atom. The van der Waals surface area contributed by atoms with Crippen LogP contribution in [-0.4, -0.2) is 42.5 Å². The van der Waals surface area contributed by atoms with Crippen LogP contribution in [0, 0.1) is 0 Å². The molecule has 0 rings (SSSR count). The van der Waals surface area contributed by atoms with Gasteiger partial charge in [-0.1, -0.05) is 11.8 Å². The smallest absolute Gasteiger partial charge is 0.186 e. The van der Waals surface area contributed by atoms with Crippen molar-refractivity contribution in [3.05, 3.63) is 0 Å². The van der Waals surface area contributed by atoms with Crippen molar-refractivity contribution in [2.45, 2.75) is 19.9 Å². The van der Waals surface area contributed by atoms with Gasteiger partial charge < -0.3 is 4.48 Å². The number of rotatable bonds is 3. The van der Waals surface area contributed by atoms with Gasteiger partial charge in [-0.15, -0.1) is 0 Å². The van der Waals surface area contributed by atoms with Crippen molar-refractivity contribution in [3.8, 4) is 0 Å². The lowest BCUT2D eigenvalue weighted by Gasteiger charge is -2.31. The maximum Gasteiger partial charge on any atom is 0.186 e. The number of thioether (sulfide) groups is 1. The summed E-state index contributed by atoms with van der Waals surface area (Å²) in [5, 5.41) is 0.213. The van der Waals surface area contributed by atoms with E-state index < -0.39 is 0 Å². The molecule has 1 unspecified atom stereocenters. The summed E-state index contributed by atoms with van der Waals surface area (Å²) in [6.45, 7) is 3.78. The van der Waals surface area contributed by atoms with Crippen molar-refractivity contribution in [2.75, 3.05) is 26.9 Å². The van der Waals surface area contributed by atoms with Crippen LogP contribution in [0.2, 0.25) is 0 Å². The van der Waals surface area contributed by atoms with E-state index in [1.54, 1.807) is 6.92 Å². The van der Waals surface area contributed by atoms with Gasteiger partial charge in [0.1, 0.15) is 0 Å². The first-order chi connectivity index (χ1) is 4.84. The fourth-order valence-electron chi connectivity index (χ4n) is 0.462. The van der Waals surface area contributed by atoms with Gasteiger partial charge in [-0.2, -0.15) is 0 Å². The van der Waals surface area contributed by atoms with Crippen LogP contribution < -0.4 is 0 Å². The highest BCUT2D eigenvalue weighted by Gasteiger charge is 2.18. The van der Waals surface area contributed by atoms with E-state index in [9.17, 15) is 4.79 Å². The Kier molecular flexibility index (Phi) is 4.11. The first-order valence-electron chi connectivity index (χ1n) is 3.78. The van der Waals surface area contributed by atoms with Crippen molar-refractivity contribution in [3.63, 3.8) is 0 Å². The van der Waals surface area contributed by atoms with E-state index in [0.29, 0.717) is 6.04 Å². The minimum atomic E-state index is 0.213. The topological polar surface area (TPSA) is 17.1 Å². The molecule has 0 aromatic carbocycles. The molecule has 0 N–H and O–H groups in total. The third-order valence-corrected chi connectivity index (χ3v) is 2.91. The minimum Gasteiger partial charge on any atom is -0.328 e. The predicted octanol–water partition coefficient (Wildman–Crippen LogP) is 1.36. The molecule has 66 valence electrons. The highest BCUT2D eigenvalue weighted by molar-refractivity contribution is 8.13. The molecule has 0 aliphatic rings. The summed E-state index contributed by atoms with van der Waals surface area (Å²) in [6, 6.07) is 0.531. The molecule has 0 saturated heterocycles. The monoisotopic (exact) mass is 176 g/mol. The summed E-state index contributed by atoms with van der Waals surface area (Å²) < 4.78 is 0.917. The molecule has 0 aliphatic carbocycles. The summed E-state index contributed by atoms with van der Waals surface area (Å²) in [5.41, 5.74) is 0. The van der Waals surface area contributed by atoms with Gasteiger partial charge in [-0.05, 0) is 6.92 Å². The average Bonchev–Trinajstić information content (AvgIpc) is 1.80. The van der Waals surface area contributed by atoms with Crippen molar-refractivity contribution in [1.29, 1.82) is 0 Å². The van der Waals surface area contributed by atoms with E-state index >= 15 is 0 Å². The van der Waals surface area contributed by atoms with E-state index in [2.05, 4.69) is 28.1 Å². The van der Waals surface area contributed by atoms with Gasteiger partial charge in [-0.3, -0.25) is 4.79 Å². The Morgan fingerprint density at radius 3 is 2.18 bits per heavy atom. The Bertz CT molecular complexity index is 140. The van der Waals surface area contributed by atoms with Crippen molar-refractivity contribution < 1.29 is 9.28 Å². The summed E-state index contributed by atoms with van der Waals surface area (Å²) in [5.74, 6) is 0.916. The fraction of sp³-hybridized carbons (Fsp3) is 0.875. The third-order valence-electron chi connectivity index (χ3n) is 1.85. The van der Waals surface area contributed by atoms with E-state index in [4.69, 9.17) is 0 Å². The molecule has 0 heterocycles. The first kappa shape index (κ1) is 11.0. The lowest BCUT2D eigenvalue weighted by Crippen LogP contribution is -2.44. The van der Waals surface area contributed by atoms with Crippen LogP contribution in [0.4, 0.5) is 0 Å². The molecule has 0 aromatic heterocycles. The third kappa shape index (κ3) is 5.27. The summed E-state index contributed by atoms with van der Waals surface area (Å²) >= 11 is 1.41. The molecule has 0 amide bonds. The molecular formula is C8H18NOS+. The second kappa shape index (κ2) is 4.12. The SMILES string of the molecule is CC(=O)SCC(C)[N+](C)(C)C. The molecule has 3 heteroatoms. The van der Waals surface area contributed by atoms with Gasteiger partial charge in [0.2, 0.25) is 0 Å². The standard InChI is InChI=1S/C8H18NOS/c1-7(9(3,4)5)6-11-8(2)10/h7H,6H2,1-5H3/q+1. The zero-order valence-corrected chi connectivity index (χ0v) is 8.86. The van der Waals surface area contributed by atoms with Crippen LogP contribution in [-0.2, 0) is 4.79 Å². The average molecular weight is 176 g/mol. The van der Waals surface area contributed by atoms with Crippen LogP contribution in [0.3, 0.4) is 0 Å². The number of hydrogen-bond donors (Lipinski definition) is 0. The highest BCUT2D eigenvalue weighted by Crippen LogP contribution is 2.10.